The van der Waals surface area contributed by atoms with Gasteiger partial charge < -0.3 is 14.4 Å². The van der Waals surface area contributed by atoms with Gasteiger partial charge in [-0.1, -0.05) is 6.07 Å². The van der Waals surface area contributed by atoms with Gasteiger partial charge in [-0.05, 0) is 12.1 Å². The molecule has 1 fully saturated rings. The largest absolute Gasteiger partial charge is 0.497 e. The van der Waals surface area contributed by atoms with Crippen molar-refractivity contribution in [3.05, 3.63) is 24.3 Å². The van der Waals surface area contributed by atoms with Crippen molar-refractivity contribution >= 4 is 5.91 Å². The van der Waals surface area contributed by atoms with Crippen molar-refractivity contribution in [1.82, 2.24) is 9.91 Å². The molecule has 6 heteroatoms. The quantitative estimate of drug-likeness (QED) is 0.782. The Morgan fingerprint density at radius 2 is 1.95 bits per heavy atom. The van der Waals surface area contributed by atoms with E-state index in [0.717, 1.165) is 0 Å². The fraction of sp³-hybridized carbons (Fsp3) is 0.462. The molecule has 0 atom stereocenters. The average Bonchev–Trinajstić information content (AvgIpc) is 2.46. The second-order valence-electron chi connectivity index (χ2n) is 4.38. The molecule has 2 rings (SSSR count). The van der Waals surface area contributed by atoms with Gasteiger partial charge in [-0.25, -0.2) is 5.01 Å². The molecule has 1 aliphatic rings. The molecule has 0 bridgehead atoms. The van der Waals surface area contributed by atoms with Crippen LogP contribution in [-0.2, 0) is 4.79 Å². The van der Waals surface area contributed by atoms with E-state index < -0.39 is 0 Å². The Labute approximate surface area is 112 Å². The van der Waals surface area contributed by atoms with Gasteiger partial charge in [-0.2, -0.15) is 0 Å². The zero-order valence-corrected chi connectivity index (χ0v) is 11.0. The molecule has 1 aliphatic heterocycles. The van der Waals surface area contributed by atoms with E-state index in [9.17, 15) is 4.79 Å². The van der Waals surface area contributed by atoms with Crippen LogP contribution in [0, 0.1) is 0 Å². The standard InChI is InChI=1S/C13H19N3O3/c1-18-11-3-2-4-12(9-11)19-10-13(17)15-5-7-16(14)8-6-15/h2-4,9H,5-8,10,14H2,1H3. The number of rotatable bonds is 4. The van der Waals surface area contributed by atoms with E-state index in [2.05, 4.69) is 0 Å². The molecular weight excluding hydrogens is 246 g/mol. The van der Waals surface area contributed by atoms with Crippen LogP contribution in [0.2, 0.25) is 0 Å². The van der Waals surface area contributed by atoms with Crippen LogP contribution in [0.4, 0.5) is 0 Å². The highest BCUT2D eigenvalue weighted by Gasteiger charge is 2.19. The minimum atomic E-state index is -0.0177. The third-order valence-corrected chi connectivity index (χ3v) is 3.07. The number of nitrogens with zero attached hydrogens (tertiary/aromatic N) is 2. The first kappa shape index (κ1) is 13.6. The predicted molar refractivity (Wildman–Crippen MR) is 70.8 cm³/mol. The predicted octanol–water partition coefficient (Wildman–Crippen LogP) is 0.0919. The Kier molecular flexibility index (Phi) is 4.59. The Morgan fingerprint density at radius 1 is 1.26 bits per heavy atom. The van der Waals surface area contributed by atoms with Crippen molar-refractivity contribution in [2.24, 2.45) is 5.84 Å². The van der Waals surface area contributed by atoms with E-state index in [4.69, 9.17) is 15.3 Å². The summed E-state index contributed by atoms with van der Waals surface area (Å²) in [5, 5.41) is 1.71. The molecule has 0 spiro atoms. The normalized spacial score (nSPS) is 16.2. The fourth-order valence-electron chi connectivity index (χ4n) is 1.90. The van der Waals surface area contributed by atoms with Crippen LogP contribution < -0.4 is 15.3 Å². The molecule has 1 aromatic rings. The fourth-order valence-corrected chi connectivity index (χ4v) is 1.90. The van der Waals surface area contributed by atoms with E-state index in [0.29, 0.717) is 37.7 Å². The highest BCUT2D eigenvalue weighted by molar-refractivity contribution is 5.77. The Hall–Kier alpha value is -1.79. The summed E-state index contributed by atoms with van der Waals surface area (Å²) < 4.78 is 10.6. The van der Waals surface area contributed by atoms with E-state index in [-0.39, 0.29) is 12.5 Å². The molecule has 1 aromatic carbocycles. The van der Waals surface area contributed by atoms with E-state index >= 15 is 0 Å². The second-order valence-corrected chi connectivity index (χ2v) is 4.38. The summed E-state index contributed by atoms with van der Waals surface area (Å²) in [6.07, 6.45) is 0. The minimum absolute atomic E-state index is 0.0177. The number of hydrogen-bond donors (Lipinski definition) is 1. The number of methoxy groups -OCH3 is 1. The van der Waals surface area contributed by atoms with Crippen molar-refractivity contribution in [2.75, 3.05) is 39.9 Å². The van der Waals surface area contributed by atoms with Crippen LogP contribution in [0.5, 0.6) is 11.5 Å². The van der Waals surface area contributed by atoms with Crippen LogP contribution in [0.15, 0.2) is 24.3 Å². The molecule has 0 aromatic heterocycles. The maximum absolute atomic E-state index is 11.9. The van der Waals surface area contributed by atoms with Gasteiger partial charge in [0.15, 0.2) is 6.61 Å². The third-order valence-electron chi connectivity index (χ3n) is 3.07. The summed E-state index contributed by atoms with van der Waals surface area (Å²) in [7, 11) is 1.59. The smallest absolute Gasteiger partial charge is 0.260 e. The lowest BCUT2D eigenvalue weighted by Gasteiger charge is -2.31. The zero-order valence-electron chi connectivity index (χ0n) is 11.0. The van der Waals surface area contributed by atoms with Gasteiger partial charge >= 0.3 is 0 Å². The maximum atomic E-state index is 11.9. The first-order valence-corrected chi connectivity index (χ1v) is 6.23. The lowest BCUT2D eigenvalue weighted by atomic mass is 10.3. The number of benzene rings is 1. The number of carbonyl (C=O) groups is 1. The topological polar surface area (TPSA) is 68.0 Å². The van der Waals surface area contributed by atoms with Crippen molar-refractivity contribution in [2.45, 2.75) is 0 Å². The highest BCUT2D eigenvalue weighted by Crippen LogP contribution is 2.18. The van der Waals surface area contributed by atoms with E-state index in [1.807, 2.05) is 12.1 Å². The van der Waals surface area contributed by atoms with E-state index in [1.165, 1.54) is 0 Å². The summed E-state index contributed by atoms with van der Waals surface area (Å²) in [6, 6.07) is 7.21. The van der Waals surface area contributed by atoms with Crippen molar-refractivity contribution in [1.29, 1.82) is 0 Å². The number of hydrazine groups is 1. The number of hydrogen-bond acceptors (Lipinski definition) is 5. The molecule has 0 aliphatic carbocycles. The lowest BCUT2D eigenvalue weighted by molar-refractivity contribution is -0.135. The van der Waals surface area contributed by atoms with Gasteiger partial charge in [0.2, 0.25) is 0 Å². The molecule has 104 valence electrons. The van der Waals surface area contributed by atoms with Crippen LogP contribution in [-0.4, -0.2) is 55.7 Å². The average molecular weight is 265 g/mol. The van der Waals surface area contributed by atoms with Crippen LogP contribution in [0.3, 0.4) is 0 Å². The number of amides is 1. The third kappa shape index (κ3) is 3.84. The summed E-state index contributed by atoms with van der Waals surface area (Å²) in [6.45, 7) is 2.74. The molecule has 1 heterocycles. The van der Waals surface area contributed by atoms with Gasteiger partial charge in [0.1, 0.15) is 11.5 Å². The summed E-state index contributed by atoms with van der Waals surface area (Å²) in [5.41, 5.74) is 0. The minimum Gasteiger partial charge on any atom is -0.497 e. The van der Waals surface area contributed by atoms with Crippen molar-refractivity contribution < 1.29 is 14.3 Å². The first-order chi connectivity index (χ1) is 9.19. The molecular formula is C13H19N3O3. The monoisotopic (exact) mass is 265 g/mol. The number of nitrogens with two attached hydrogens (primary N) is 1. The molecule has 2 N–H and O–H groups in total. The maximum Gasteiger partial charge on any atom is 0.260 e. The van der Waals surface area contributed by atoms with E-state index in [1.54, 1.807) is 29.2 Å². The SMILES string of the molecule is COc1cccc(OCC(=O)N2CCN(N)CC2)c1. The van der Waals surface area contributed by atoms with Crippen LogP contribution >= 0.6 is 0 Å². The molecule has 0 saturated carbocycles. The van der Waals surface area contributed by atoms with Gasteiger partial charge in [-0.15, -0.1) is 0 Å². The number of carbonyl (C=O) groups excluding carboxylic acids is 1. The summed E-state index contributed by atoms with van der Waals surface area (Å²) >= 11 is 0. The van der Waals surface area contributed by atoms with Crippen LogP contribution in [0.25, 0.3) is 0 Å². The first-order valence-electron chi connectivity index (χ1n) is 6.23. The lowest BCUT2D eigenvalue weighted by Crippen LogP contribution is -2.52. The highest BCUT2D eigenvalue weighted by atomic mass is 16.5. The number of ether oxygens (including phenoxy) is 2. The molecule has 1 amide bonds. The molecule has 0 radical (unpaired) electrons. The summed E-state index contributed by atoms with van der Waals surface area (Å²) in [5.74, 6) is 6.97. The van der Waals surface area contributed by atoms with Gasteiger partial charge in [-0.3, -0.25) is 10.6 Å². The van der Waals surface area contributed by atoms with Gasteiger partial charge in [0.25, 0.3) is 5.91 Å². The Bertz CT molecular complexity index is 431. The Morgan fingerprint density at radius 3 is 2.63 bits per heavy atom. The van der Waals surface area contributed by atoms with Gasteiger partial charge in [0, 0.05) is 32.2 Å². The van der Waals surface area contributed by atoms with Gasteiger partial charge in [0.05, 0.1) is 7.11 Å². The molecule has 6 nitrogen and oxygen atoms in total. The molecule has 1 saturated heterocycles. The molecule has 19 heavy (non-hydrogen) atoms. The Balaban J connectivity index is 1.82. The van der Waals surface area contributed by atoms with Crippen molar-refractivity contribution in [3.8, 4) is 11.5 Å². The van der Waals surface area contributed by atoms with Crippen molar-refractivity contribution in [3.63, 3.8) is 0 Å². The van der Waals surface area contributed by atoms with Crippen LogP contribution in [0.1, 0.15) is 0 Å². The number of piperazine rings is 1. The zero-order chi connectivity index (χ0) is 13.7. The molecule has 0 unspecified atom stereocenters. The second kappa shape index (κ2) is 6.40. The summed E-state index contributed by atoms with van der Waals surface area (Å²) in [4.78, 5) is 13.7.